The van der Waals surface area contributed by atoms with E-state index in [2.05, 4.69) is 21.7 Å². The van der Waals surface area contributed by atoms with E-state index in [9.17, 15) is 9.90 Å². The van der Waals surface area contributed by atoms with Gasteiger partial charge in [0, 0.05) is 18.8 Å². The molecule has 2 aromatic heterocycles. The molecule has 0 unspecified atom stereocenters. The summed E-state index contributed by atoms with van der Waals surface area (Å²) in [6, 6.07) is 7.07. The molecule has 9 heteroatoms. The number of benzene rings is 1. The largest absolute Gasteiger partial charge is 0.506 e. The highest BCUT2D eigenvalue weighted by molar-refractivity contribution is 6.00. The molecule has 3 rings (SSSR count). The van der Waals surface area contributed by atoms with Crippen LogP contribution in [0.2, 0.25) is 0 Å². The zero-order valence-corrected chi connectivity index (χ0v) is 20.7. The summed E-state index contributed by atoms with van der Waals surface area (Å²) < 4.78 is 22.2. The predicted molar refractivity (Wildman–Crippen MR) is 134 cm³/mol. The van der Waals surface area contributed by atoms with Crippen molar-refractivity contribution in [1.29, 1.82) is 0 Å². The Morgan fingerprint density at radius 2 is 1.91 bits per heavy atom. The van der Waals surface area contributed by atoms with E-state index in [1.54, 1.807) is 31.2 Å². The molecular weight excluding hydrogens is 450 g/mol. The summed E-state index contributed by atoms with van der Waals surface area (Å²) in [6.07, 6.45) is 2.46. The minimum Gasteiger partial charge on any atom is -0.506 e. The molecule has 0 bridgehead atoms. The van der Waals surface area contributed by atoms with Crippen molar-refractivity contribution in [3.05, 3.63) is 69.7 Å². The van der Waals surface area contributed by atoms with Crippen molar-refractivity contribution in [1.82, 2.24) is 10.1 Å². The molecule has 0 fully saturated rings. The second-order valence-electron chi connectivity index (χ2n) is 7.95. The number of ether oxygens (including phenoxy) is 3. The fourth-order valence-corrected chi connectivity index (χ4v) is 3.82. The van der Waals surface area contributed by atoms with E-state index in [-0.39, 0.29) is 29.4 Å². The van der Waals surface area contributed by atoms with Gasteiger partial charge in [0.25, 0.3) is 5.56 Å². The first-order valence-electron chi connectivity index (χ1n) is 11.3. The van der Waals surface area contributed by atoms with Crippen LogP contribution in [0.15, 0.2) is 50.9 Å². The highest BCUT2D eigenvalue weighted by Gasteiger charge is 2.27. The van der Waals surface area contributed by atoms with Gasteiger partial charge >= 0.3 is 0 Å². The summed E-state index contributed by atoms with van der Waals surface area (Å²) >= 11 is 0. The van der Waals surface area contributed by atoms with E-state index >= 15 is 0 Å². The lowest BCUT2D eigenvalue weighted by Gasteiger charge is -2.19. The number of pyridine rings is 1. The van der Waals surface area contributed by atoms with Crippen molar-refractivity contribution in [2.75, 3.05) is 21.3 Å². The summed E-state index contributed by atoms with van der Waals surface area (Å²) in [7, 11) is 4.53. The summed E-state index contributed by atoms with van der Waals surface area (Å²) in [6.45, 7) is 7.76. The summed E-state index contributed by atoms with van der Waals surface area (Å²) in [5.41, 5.74) is 1.55. The number of rotatable bonds is 10. The van der Waals surface area contributed by atoms with Crippen LogP contribution in [0.3, 0.4) is 0 Å². The van der Waals surface area contributed by atoms with Gasteiger partial charge in [-0.25, -0.2) is 0 Å². The maximum Gasteiger partial charge on any atom is 0.264 e. The van der Waals surface area contributed by atoms with E-state index in [4.69, 9.17) is 18.7 Å². The summed E-state index contributed by atoms with van der Waals surface area (Å²) in [4.78, 5) is 20.2. The number of hydrogen-bond donors (Lipinski definition) is 2. The molecule has 9 nitrogen and oxygen atoms in total. The summed E-state index contributed by atoms with van der Waals surface area (Å²) in [5, 5.41) is 15.3. The van der Waals surface area contributed by atoms with Gasteiger partial charge in [0.2, 0.25) is 5.90 Å². The first-order valence-corrected chi connectivity index (χ1v) is 11.3. The highest BCUT2D eigenvalue weighted by atomic mass is 16.5. The Morgan fingerprint density at radius 1 is 1.23 bits per heavy atom. The molecule has 0 aliphatic heterocycles. The number of nitrogens with one attached hydrogen (secondary N) is 1. The first-order chi connectivity index (χ1) is 16.8. The molecule has 2 N–H and O–H groups in total. The number of unbranched alkanes of at least 4 members (excludes halogenated alkanes) is 1. The Labute approximate surface area is 204 Å². The Hall–Kier alpha value is -4.01. The van der Waals surface area contributed by atoms with Crippen LogP contribution in [-0.2, 0) is 17.6 Å². The number of aromatic amines is 1. The monoisotopic (exact) mass is 481 g/mol. The van der Waals surface area contributed by atoms with Crippen LogP contribution in [0.1, 0.15) is 42.5 Å². The van der Waals surface area contributed by atoms with Crippen molar-refractivity contribution in [2.24, 2.45) is 4.99 Å². The van der Waals surface area contributed by atoms with E-state index in [1.807, 2.05) is 6.92 Å². The number of aromatic hydroxyl groups is 1. The number of aromatic nitrogens is 2. The quantitative estimate of drug-likeness (QED) is 0.248. The van der Waals surface area contributed by atoms with E-state index < -0.39 is 5.56 Å². The average Bonchev–Trinajstić information content (AvgIpc) is 3.25. The zero-order valence-electron chi connectivity index (χ0n) is 20.7. The second kappa shape index (κ2) is 11.4. The standard InChI is InChI=1S/C26H31N3O6/c1-7-8-10-18-21(22-19(32-5)11-9-12-20(22)33-6)24(30)23(25(31)28-18)26(27-4)34-16(3)14-17-13-15(2)29-35-17/h9,11-13H,3,7-8,10,14H2,1-2,4-6H3,(H2,28,30,31). The normalized spacial score (nSPS) is 11.4. The Kier molecular flexibility index (Phi) is 8.35. The molecule has 0 spiro atoms. The lowest BCUT2D eigenvalue weighted by molar-refractivity contribution is 0.351. The van der Waals surface area contributed by atoms with E-state index in [1.165, 1.54) is 21.3 Å². The molecule has 0 aliphatic rings. The minimum atomic E-state index is -0.532. The average molecular weight is 482 g/mol. The number of allylic oxidation sites excluding steroid dienone is 1. The molecule has 35 heavy (non-hydrogen) atoms. The molecule has 0 saturated heterocycles. The number of aryl methyl sites for hydroxylation is 2. The van der Waals surface area contributed by atoms with Crippen molar-refractivity contribution >= 4 is 5.90 Å². The van der Waals surface area contributed by atoms with Crippen molar-refractivity contribution in [3.63, 3.8) is 0 Å². The van der Waals surface area contributed by atoms with Crippen LogP contribution in [0.25, 0.3) is 11.1 Å². The molecule has 186 valence electrons. The Bertz CT molecular complexity index is 1270. The van der Waals surface area contributed by atoms with Gasteiger partial charge in [-0.05, 0) is 31.9 Å². The molecule has 2 heterocycles. The van der Waals surface area contributed by atoms with Crippen LogP contribution in [0, 0.1) is 6.92 Å². The summed E-state index contributed by atoms with van der Waals surface area (Å²) in [5.74, 6) is 1.42. The van der Waals surface area contributed by atoms with Crippen LogP contribution in [0.4, 0.5) is 0 Å². The third kappa shape index (κ3) is 5.56. The number of aliphatic imine (C=N–C) groups is 1. The fourth-order valence-electron chi connectivity index (χ4n) is 3.82. The molecule has 0 radical (unpaired) electrons. The van der Waals surface area contributed by atoms with Crippen LogP contribution >= 0.6 is 0 Å². The van der Waals surface area contributed by atoms with E-state index in [0.29, 0.717) is 40.5 Å². The van der Waals surface area contributed by atoms with Crippen LogP contribution in [-0.4, -0.2) is 42.4 Å². The first kappa shape index (κ1) is 25.6. The number of H-pyrrole nitrogens is 1. The molecule has 0 aliphatic carbocycles. The lowest BCUT2D eigenvalue weighted by atomic mass is 9.95. The smallest absolute Gasteiger partial charge is 0.264 e. The third-order valence-electron chi connectivity index (χ3n) is 5.43. The zero-order chi connectivity index (χ0) is 25.5. The topological polar surface area (TPSA) is 119 Å². The minimum absolute atomic E-state index is 0.0813. The Balaban J connectivity index is 2.14. The number of hydrogen-bond acceptors (Lipinski definition) is 8. The molecule has 0 atom stereocenters. The Morgan fingerprint density at radius 3 is 2.46 bits per heavy atom. The maximum atomic E-state index is 13.2. The van der Waals surface area contributed by atoms with Gasteiger partial charge in [0.05, 0.1) is 37.5 Å². The molecule has 1 aromatic carbocycles. The van der Waals surface area contributed by atoms with E-state index in [0.717, 1.165) is 18.5 Å². The predicted octanol–water partition coefficient (Wildman–Crippen LogP) is 4.55. The van der Waals surface area contributed by atoms with Gasteiger partial charge in [0.15, 0.2) is 0 Å². The van der Waals surface area contributed by atoms with Crippen LogP contribution < -0.4 is 15.0 Å². The molecule has 3 aromatic rings. The lowest BCUT2D eigenvalue weighted by Crippen LogP contribution is -2.23. The van der Waals surface area contributed by atoms with Crippen molar-refractivity contribution < 1.29 is 23.8 Å². The highest BCUT2D eigenvalue weighted by Crippen LogP contribution is 2.44. The van der Waals surface area contributed by atoms with Crippen molar-refractivity contribution in [3.8, 4) is 28.4 Å². The van der Waals surface area contributed by atoms with Crippen LogP contribution in [0.5, 0.6) is 17.2 Å². The third-order valence-corrected chi connectivity index (χ3v) is 5.43. The van der Waals surface area contributed by atoms with Gasteiger partial charge in [-0.15, -0.1) is 0 Å². The second-order valence-corrected chi connectivity index (χ2v) is 7.95. The molecule has 0 amide bonds. The number of nitrogens with zero attached hydrogens (tertiary/aromatic N) is 2. The van der Waals surface area contributed by atoms with Gasteiger partial charge in [-0.2, -0.15) is 0 Å². The molecular formula is C26H31N3O6. The number of methoxy groups -OCH3 is 2. The SMILES string of the molecule is C=C(Cc1cc(C)no1)OC(=NC)c1c(O)c(-c2c(OC)cccc2OC)c(CCCC)[nH]c1=O. The van der Waals surface area contributed by atoms with Gasteiger partial charge < -0.3 is 28.8 Å². The van der Waals surface area contributed by atoms with Crippen molar-refractivity contribution in [2.45, 2.75) is 39.5 Å². The van der Waals surface area contributed by atoms with Gasteiger partial charge in [-0.3, -0.25) is 9.79 Å². The maximum absolute atomic E-state index is 13.2. The molecule has 0 saturated carbocycles. The van der Waals surface area contributed by atoms with Gasteiger partial charge in [0.1, 0.15) is 34.3 Å². The fraction of sp³-hybridized carbons (Fsp3) is 0.346. The van der Waals surface area contributed by atoms with Gasteiger partial charge in [-0.1, -0.05) is 31.1 Å².